The predicted molar refractivity (Wildman–Crippen MR) is 57.1 cm³/mol. The molecular weight excluding hydrogens is 184 g/mol. The lowest BCUT2D eigenvalue weighted by atomic mass is 9.81. The van der Waals surface area contributed by atoms with Crippen LogP contribution in [0.15, 0.2) is 5.10 Å². The summed E-state index contributed by atoms with van der Waals surface area (Å²) in [5, 5.41) is 4.51. The Morgan fingerprint density at radius 1 is 1.54 bits per heavy atom. The average molecular weight is 200 g/mol. The maximum Gasteiger partial charge on any atom is 0.182 e. The zero-order chi connectivity index (χ0) is 9.68. The predicted octanol–water partition coefficient (Wildman–Crippen LogP) is 2.01. The van der Waals surface area contributed by atoms with E-state index < -0.39 is 0 Å². The molecule has 3 nitrogen and oxygen atoms in total. The van der Waals surface area contributed by atoms with Crippen LogP contribution in [-0.2, 0) is 4.79 Å². The second-order valence-corrected chi connectivity index (χ2v) is 4.40. The summed E-state index contributed by atoms with van der Waals surface area (Å²) in [6, 6.07) is 0. The summed E-state index contributed by atoms with van der Waals surface area (Å²) in [4.78, 5) is 10.4. The van der Waals surface area contributed by atoms with Gasteiger partial charge in [0.25, 0.3) is 0 Å². The Balaban J connectivity index is 2.60. The highest BCUT2D eigenvalue weighted by Gasteiger charge is 2.26. The Bertz CT molecular complexity index is 206. The fourth-order valence-electron chi connectivity index (χ4n) is 1.95. The summed E-state index contributed by atoms with van der Waals surface area (Å²) in [5.41, 5.74) is 0.813. The summed E-state index contributed by atoms with van der Waals surface area (Å²) >= 11 is 1.13. The van der Waals surface area contributed by atoms with Gasteiger partial charge in [-0.05, 0) is 24.1 Å². The monoisotopic (exact) mass is 200 g/mol. The molecule has 1 aliphatic rings. The molecule has 0 spiro atoms. The minimum Gasteiger partial charge on any atom is -0.322 e. The van der Waals surface area contributed by atoms with Crippen LogP contribution in [0.25, 0.3) is 0 Å². The number of carbonyl (C=O) groups is 1. The van der Waals surface area contributed by atoms with E-state index in [1.54, 1.807) is 0 Å². The van der Waals surface area contributed by atoms with Gasteiger partial charge in [0, 0.05) is 5.92 Å². The number of hydrogen-bond acceptors (Lipinski definition) is 4. The van der Waals surface area contributed by atoms with Crippen molar-refractivity contribution in [3.05, 3.63) is 0 Å². The van der Waals surface area contributed by atoms with E-state index in [4.69, 9.17) is 5.84 Å². The van der Waals surface area contributed by atoms with Gasteiger partial charge >= 0.3 is 0 Å². The third-order valence-corrected chi connectivity index (χ3v) is 3.47. The molecule has 0 aromatic rings. The van der Waals surface area contributed by atoms with E-state index in [0.717, 1.165) is 28.8 Å². The smallest absolute Gasteiger partial charge is 0.182 e. The van der Waals surface area contributed by atoms with Gasteiger partial charge in [0.05, 0.1) is 0 Å². The molecule has 1 saturated carbocycles. The van der Waals surface area contributed by atoms with Crippen LogP contribution in [0.1, 0.15) is 32.6 Å². The summed E-state index contributed by atoms with van der Waals surface area (Å²) in [5.74, 6) is 6.29. The summed E-state index contributed by atoms with van der Waals surface area (Å²) in [6.07, 6.45) is 4.87. The van der Waals surface area contributed by atoms with E-state index >= 15 is 0 Å². The van der Waals surface area contributed by atoms with Crippen LogP contribution in [0.5, 0.6) is 0 Å². The largest absolute Gasteiger partial charge is 0.322 e. The van der Waals surface area contributed by atoms with Gasteiger partial charge < -0.3 is 5.84 Å². The lowest BCUT2D eigenvalue weighted by Crippen LogP contribution is -2.24. The molecule has 4 heteroatoms. The van der Waals surface area contributed by atoms with E-state index in [-0.39, 0.29) is 0 Å². The Morgan fingerprint density at radius 2 is 2.23 bits per heavy atom. The highest BCUT2D eigenvalue weighted by atomic mass is 32.2. The molecule has 0 aliphatic heterocycles. The van der Waals surface area contributed by atoms with Gasteiger partial charge in [-0.3, -0.25) is 4.79 Å². The van der Waals surface area contributed by atoms with Crippen molar-refractivity contribution in [3.63, 3.8) is 0 Å². The van der Waals surface area contributed by atoms with Crippen LogP contribution >= 0.6 is 11.8 Å². The minimum absolute atomic E-state index is 0.411. The molecule has 2 unspecified atom stereocenters. The zero-order valence-electron chi connectivity index (χ0n) is 7.90. The maximum atomic E-state index is 10.4. The molecule has 0 aromatic heterocycles. The van der Waals surface area contributed by atoms with Crippen molar-refractivity contribution >= 4 is 22.4 Å². The van der Waals surface area contributed by atoms with Crippen LogP contribution < -0.4 is 5.84 Å². The summed E-state index contributed by atoms with van der Waals surface area (Å²) < 4.78 is 0. The SMILES string of the molecule is CC1CCCCC1/C(=N/N)SC=O. The molecule has 1 aliphatic carbocycles. The molecular formula is C9H16N2OS. The van der Waals surface area contributed by atoms with Crippen LogP contribution in [-0.4, -0.2) is 10.7 Å². The molecule has 74 valence electrons. The maximum absolute atomic E-state index is 10.4. The van der Waals surface area contributed by atoms with Crippen molar-refractivity contribution in [2.24, 2.45) is 22.8 Å². The topological polar surface area (TPSA) is 55.4 Å². The first-order chi connectivity index (χ1) is 6.29. The number of rotatable bonds is 2. The Morgan fingerprint density at radius 3 is 2.77 bits per heavy atom. The van der Waals surface area contributed by atoms with E-state index in [2.05, 4.69) is 12.0 Å². The van der Waals surface area contributed by atoms with Crippen molar-refractivity contribution in [1.82, 2.24) is 0 Å². The quantitative estimate of drug-likeness (QED) is 0.244. The summed E-state index contributed by atoms with van der Waals surface area (Å²) in [6.45, 7) is 2.21. The van der Waals surface area contributed by atoms with Gasteiger partial charge in [-0.1, -0.05) is 26.2 Å². The molecule has 1 fully saturated rings. The van der Waals surface area contributed by atoms with Crippen molar-refractivity contribution in [3.8, 4) is 0 Å². The number of hydrazone groups is 1. The average Bonchev–Trinajstić information content (AvgIpc) is 2.16. The zero-order valence-corrected chi connectivity index (χ0v) is 8.72. The Labute approximate surface area is 83.1 Å². The number of nitrogens with two attached hydrogens (primary N) is 1. The normalized spacial score (nSPS) is 30.1. The van der Waals surface area contributed by atoms with Gasteiger partial charge in [0.1, 0.15) is 5.04 Å². The van der Waals surface area contributed by atoms with Gasteiger partial charge in [-0.2, -0.15) is 5.10 Å². The number of hydrogen-bond donors (Lipinski definition) is 1. The highest BCUT2D eigenvalue weighted by molar-refractivity contribution is 8.24. The van der Waals surface area contributed by atoms with Crippen molar-refractivity contribution in [1.29, 1.82) is 0 Å². The van der Waals surface area contributed by atoms with Crippen LogP contribution in [0.4, 0.5) is 0 Å². The summed E-state index contributed by atoms with van der Waals surface area (Å²) in [7, 11) is 0. The second kappa shape index (κ2) is 5.27. The third kappa shape index (κ3) is 2.72. The lowest BCUT2D eigenvalue weighted by Gasteiger charge is -2.28. The molecule has 0 amide bonds. The number of nitrogens with zero attached hydrogens (tertiary/aromatic N) is 1. The fraction of sp³-hybridized carbons (Fsp3) is 0.778. The van der Waals surface area contributed by atoms with Crippen LogP contribution in [0.2, 0.25) is 0 Å². The molecule has 0 heterocycles. The Kier molecular flexibility index (Phi) is 4.28. The molecule has 0 saturated heterocycles. The number of carbonyl (C=O) groups excluding carboxylic acids is 1. The first-order valence-corrected chi connectivity index (χ1v) is 5.55. The molecule has 1 rings (SSSR count). The lowest BCUT2D eigenvalue weighted by molar-refractivity contribution is 0.327. The van der Waals surface area contributed by atoms with Gasteiger partial charge in [-0.25, -0.2) is 0 Å². The number of thioether (sulfide) groups is 1. The molecule has 0 radical (unpaired) electrons. The van der Waals surface area contributed by atoms with E-state index in [1.807, 2.05) is 0 Å². The highest BCUT2D eigenvalue weighted by Crippen LogP contribution is 2.32. The first kappa shape index (κ1) is 10.6. The second-order valence-electron chi connectivity index (χ2n) is 3.55. The molecule has 2 N–H and O–H groups in total. The molecule has 0 bridgehead atoms. The molecule has 13 heavy (non-hydrogen) atoms. The first-order valence-electron chi connectivity index (χ1n) is 4.67. The van der Waals surface area contributed by atoms with Crippen molar-refractivity contribution in [2.45, 2.75) is 32.6 Å². The van der Waals surface area contributed by atoms with Gasteiger partial charge in [0.15, 0.2) is 5.62 Å². The van der Waals surface area contributed by atoms with Crippen molar-refractivity contribution in [2.75, 3.05) is 0 Å². The molecule has 0 aromatic carbocycles. The van der Waals surface area contributed by atoms with Crippen molar-refractivity contribution < 1.29 is 4.79 Å². The molecule has 2 atom stereocenters. The van der Waals surface area contributed by atoms with Crippen LogP contribution in [0, 0.1) is 11.8 Å². The van der Waals surface area contributed by atoms with Gasteiger partial charge in [0.2, 0.25) is 0 Å². The van der Waals surface area contributed by atoms with Gasteiger partial charge in [-0.15, -0.1) is 0 Å². The van der Waals surface area contributed by atoms with E-state index in [1.165, 1.54) is 19.3 Å². The van der Waals surface area contributed by atoms with E-state index in [0.29, 0.717) is 11.8 Å². The fourth-order valence-corrected chi connectivity index (χ4v) is 2.63. The van der Waals surface area contributed by atoms with Crippen LogP contribution in [0.3, 0.4) is 0 Å². The standard InChI is InChI=1S/C9H16N2OS/c1-7-4-2-3-5-8(7)9(11-10)13-6-12/h6-8H,2-5,10H2,1H3/b11-9-. The van der Waals surface area contributed by atoms with E-state index in [9.17, 15) is 4.79 Å². The minimum atomic E-state index is 0.411. The third-order valence-electron chi connectivity index (χ3n) is 2.72. The Hall–Kier alpha value is -0.510.